The first-order valence-corrected chi connectivity index (χ1v) is 19.9. The van der Waals surface area contributed by atoms with Gasteiger partial charge in [0.15, 0.2) is 0 Å². The first kappa shape index (κ1) is 39.0. The van der Waals surface area contributed by atoms with Crippen LogP contribution in [0.2, 0.25) is 0 Å². The summed E-state index contributed by atoms with van der Waals surface area (Å²) in [5.41, 5.74) is 0. The van der Waals surface area contributed by atoms with Crippen LogP contribution in [0.15, 0.2) is 0 Å². The summed E-state index contributed by atoms with van der Waals surface area (Å²) in [5.74, 6) is 0. The molecule has 0 aliphatic carbocycles. The Bertz CT molecular complexity index is 298. The lowest BCUT2D eigenvalue weighted by Crippen LogP contribution is -1.97. The highest BCUT2D eigenvalue weighted by Crippen LogP contribution is 2.39. The zero-order chi connectivity index (χ0) is 26.8. The first-order valence-electron chi connectivity index (χ1n) is 17.2. The summed E-state index contributed by atoms with van der Waals surface area (Å²) in [6.45, 7) is 9.23. The molecule has 0 saturated heterocycles. The topological polar surface area (TPSA) is 0 Å². The number of hydrogen-bond acceptors (Lipinski definition) is 0. The van der Waals surface area contributed by atoms with Crippen molar-refractivity contribution in [1.82, 2.24) is 0 Å². The fraction of sp³-hybridized carbons (Fsp3) is 1.00. The number of hydrogen-bond donors (Lipinski definition) is 0. The van der Waals surface area contributed by atoms with Crippen LogP contribution in [-0.2, 0) is 0 Å². The monoisotopic (exact) mass is 545 g/mol. The van der Waals surface area contributed by atoms with Crippen molar-refractivity contribution in [2.45, 2.75) is 195 Å². The Labute approximate surface area is 236 Å². The van der Waals surface area contributed by atoms with Crippen LogP contribution in [0.1, 0.15) is 195 Å². The van der Waals surface area contributed by atoms with Crippen LogP contribution in [0.25, 0.3) is 0 Å². The van der Waals surface area contributed by atoms with Crippen molar-refractivity contribution in [2.24, 2.45) is 0 Å². The van der Waals surface area contributed by atoms with E-state index in [9.17, 15) is 0 Å². The van der Waals surface area contributed by atoms with Gasteiger partial charge < -0.3 is 0 Å². The molecule has 0 fully saturated rings. The Balaban J connectivity index is 0. The molecule has 0 aliphatic heterocycles. The molecule has 220 valence electrons. The Morgan fingerprint density at radius 3 is 0.778 bits per heavy atom. The molecule has 0 nitrogen and oxygen atoms in total. The van der Waals surface area contributed by atoms with Crippen LogP contribution < -0.4 is 0 Å². The minimum atomic E-state index is 0.366. The third-order valence-electron chi connectivity index (χ3n) is 7.54. The second-order valence-electron chi connectivity index (χ2n) is 11.4. The van der Waals surface area contributed by atoms with Gasteiger partial charge in [0, 0.05) is 0 Å². The number of rotatable bonds is 29. The second-order valence-corrected chi connectivity index (χ2v) is 14.7. The van der Waals surface area contributed by atoms with Gasteiger partial charge in [-0.2, -0.15) is 0 Å². The highest BCUT2D eigenvalue weighted by molar-refractivity contribution is 7.57. The molecule has 0 heterocycles. The molecule has 0 aromatic heterocycles. The van der Waals surface area contributed by atoms with Crippen LogP contribution >= 0.6 is 17.2 Å². The molecule has 0 spiro atoms. The minimum absolute atomic E-state index is 0.366. The molecule has 0 aliphatic rings. The molecule has 1 atom stereocenters. The number of unbranched alkanes of at least 4 members (excludes halogenated alkanes) is 22. The summed E-state index contributed by atoms with van der Waals surface area (Å²) >= 11 is 0. The lowest BCUT2D eigenvalue weighted by Gasteiger charge is -2.18. The maximum atomic E-state index is 2.79. The molecule has 0 saturated carbocycles. The Kier molecular flexibility index (Phi) is 41.2. The van der Waals surface area contributed by atoms with Gasteiger partial charge >= 0.3 is 0 Å². The van der Waals surface area contributed by atoms with E-state index in [1.807, 2.05) is 0 Å². The largest absolute Gasteiger partial charge is 0.138 e. The fourth-order valence-electron chi connectivity index (χ4n) is 4.96. The van der Waals surface area contributed by atoms with Crippen molar-refractivity contribution < 1.29 is 0 Å². The Morgan fingerprint density at radius 1 is 0.306 bits per heavy atom. The molecule has 0 radical (unpaired) electrons. The van der Waals surface area contributed by atoms with E-state index in [1.54, 1.807) is 18.5 Å². The van der Waals surface area contributed by atoms with Crippen molar-refractivity contribution in [1.29, 1.82) is 0 Å². The predicted octanol–water partition coefficient (Wildman–Crippen LogP) is 13.6. The predicted molar refractivity (Wildman–Crippen MR) is 179 cm³/mol. The van der Waals surface area contributed by atoms with Crippen molar-refractivity contribution in [3.63, 3.8) is 0 Å². The lowest BCUT2D eigenvalue weighted by molar-refractivity contribution is 0.586. The average molecular weight is 545 g/mol. The zero-order valence-corrected chi connectivity index (χ0v) is 28.3. The van der Waals surface area contributed by atoms with Gasteiger partial charge in [-0.15, -0.1) is 17.2 Å². The summed E-state index contributed by atoms with van der Waals surface area (Å²) < 4.78 is 0. The standard InChI is InChI=1S/C24H51P.C10H23P/c1-4-7-10-13-16-19-22-25(23-20-17-14-11-8-5-2)24-21-18-15-12-9-6-3;1-2-3-4-5-6-7-8-9-10-11/h4-24H2,1-3H3;2-11H2,1H3. The Hall–Kier alpha value is 0.860. The zero-order valence-electron chi connectivity index (χ0n) is 26.2. The molecule has 1 unspecified atom stereocenters. The lowest BCUT2D eigenvalue weighted by atomic mass is 10.1. The van der Waals surface area contributed by atoms with E-state index in [4.69, 9.17) is 0 Å². The van der Waals surface area contributed by atoms with Gasteiger partial charge in [0.1, 0.15) is 0 Å². The summed E-state index contributed by atoms with van der Waals surface area (Å²) in [6, 6.07) is 0. The van der Waals surface area contributed by atoms with Crippen molar-refractivity contribution >= 4 is 17.2 Å². The highest BCUT2D eigenvalue weighted by atomic mass is 31.1. The van der Waals surface area contributed by atoms with Crippen LogP contribution in [0.5, 0.6) is 0 Å². The summed E-state index contributed by atoms with van der Waals surface area (Å²) in [6.07, 6.45) is 44.0. The smallest absolute Gasteiger partial charge is 0.0326 e. The van der Waals surface area contributed by atoms with Crippen LogP contribution in [0.3, 0.4) is 0 Å². The second kappa shape index (κ2) is 38.0. The molecule has 36 heavy (non-hydrogen) atoms. The van der Waals surface area contributed by atoms with Gasteiger partial charge in [-0.05, 0) is 50.3 Å². The quantitative estimate of drug-likeness (QED) is 0.0649. The van der Waals surface area contributed by atoms with Crippen molar-refractivity contribution in [3.05, 3.63) is 0 Å². The van der Waals surface area contributed by atoms with E-state index in [2.05, 4.69) is 36.9 Å². The van der Waals surface area contributed by atoms with E-state index < -0.39 is 0 Å². The van der Waals surface area contributed by atoms with Gasteiger partial charge in [-0.1, -0.05) is 169 Å². The molecule has 2 heteroatoms. The SMILES string of the molecule is CCCCCCCCCCP.CCCCCCCCP(CCCCCCCC)CCCCCCCC. The summed E-state index contributed by atoms with van der Waals surface area (Å²) in [5, 5.41) is 0. The third-order valence-corrected chi connectivity index (χ3v) is 10.8. The summed E-state index contributed by atoms with van der Waals surface area (Å²) in [7, 11) is 3.16. The molecular weight excluding hydrogens is 470 g/mol. The molecule has 0 rings (SSSR count). The molecule has 0 N–H and O–H groups in total. The van der Waals surface area contributed by atoms with Crippen molar-refractivity contribution in [3.8, 4) is 0 Å². The van der Waals surface area contributed by atoms with Crippen LogP contribution in [0.4, 0.5) is 0 Å². The van der Waals surface area contributed by atoms with E-state index >= 15 is 0 Å². The molecule has 0 amide bonds. The minimum Gasteiger partial charge on any atom is -0.138 e. The van der Waals surface area contributed by atoms with E-state index in [0.29, 0.717) is 7.92 Å². The molecule has 0 bridgehead atoms. The van der Waals surface area contributed by atoms with Gasteiger partial charge in [0.2, 0.25) is 0 Å². The summed E-state index contributed by atoms with van der Waals surface area (Å²) in [4.78, 5) is 0. The third kappa shape index (κ3) is 37.0. The van der Waals surface area contributed by atoms with Gasteiger partial charge in [0.05, 0.1) is 0 Å². The maximum absolute atomic E-state index is 2.79. The van der Waals surface area contributed by atoms with Crippen LogP contribution in [0, 0.1) is 0 Å². The van der Waals surface area contributed by atoms with E-state index in [1.165, 1.54) is 173 Å². The van der Waals surface area contributed by atoms with Crippen LogP contribution in [-0.4, -0.2) is 24.6 Å². The highest BCUT2D eigenvalue weighted by Gasteiger charge is 2.08. The van der Waals surface area contributed by atoms with Crippen molar-refractivity contribution in [2.75, 3.05) is 24.6 Å². The van der Waals surface area contributed by atoms with Gasteiger partial charge in [0.25, 0.3) is 0 Å². The van der Waals surface area contributed by atoms with E-state index in [-0.39, 0.29) is 0 Å². The van der Waals surface area contributed by atoms with E-state index in [0.717, 1.165) is 0 Å². The fourth-order valence-corrected chi connectivity index (χ4v) is 7.93. The first-order chi connectivity index (χ1) is 17.8. The molecular formula is C34H74P2. The Morgan fingerprint density at radius 2 is 0.528 bits per heavy atom. The molecule has 0 aromatic rings. The van der Waals surface area contributed by atoms with Gasteiger partial charge in [-0.3, -0.25) is 0 Å². The average Bonchev–Trinajstić information content (AvgIpc) is 2.89. The molecule has 0 aromatic carbocycles. The van der Waals surface area contributed by atoms with Gasteiger partial charge in [-0.25, -0.2) is 0 Å². The maximum Gasteiger partial charge on any atom is -0.0326 e. The normalized spacial score (nSPS) is 11.2.